The summed E-state index contributed by atoms with van der Waals surface area (Å²) in [6.45, 7) is 1.96. The second-order valence-electron chi connectivity index (χ2n) is 3.77. The third-order valence-corrected chi connectivity index (χ3v) is 2.40. The van der Waals surface area contributed by atoms with Crippen molar-refractivity contribution in [1.82, 2.24) is 0 Å². The summed E-state index contributed by atoms with van der Waals surface area (Å²) in [4.78, 5) is 11.6. The summed E-state index contributed by atoms with van der Waals surface area (Å²) in [6.07, 6.45) is 1.45. The highest BCUT2D eigenvalue weighted by molar-refractivity contribution is 5.95. The van der Waals surface area contributed by atoms with Gasteiger partial charge in [-0.15, -0.1) is 0 Å². The first kappa shape index (κ1) is 13.3. The summed E-state index contributed by atoms with van der Waals surface area (Å²) in [5.41, 5.74) is 6.00. The molecule has 94 valence electrons. The number of phenolic OH excluding ortho intramolecular Hbond substituents is 1. The van der Waals surface area contributed by atoms with E-state index >= 15 is 0 Å². The van der Waals surface area contributed by atoms with Gasteiger partial charge in [-0.25, -0.2) is 0 Å². The molecular formula is C12H18N2O3. The molecule has 1 aromatic rings. The van der Waals surface area contributed by atoms with Gasteiger partial charge < -0.3 is 20.9 Å². The van der Waals surface area contributed by atoms with E-state index in [4.69, 9.17) is 10.5 Å². The molecule has 5 heteroatoms. The van der Waals surface area contributed by atoms with Gasteiger partial charge in [0.1, 0.15) is 11.5 Å². The molecule has 0 radical (unpaired) electrons. The molecule has 1 rings (SSSR count). The molecule has 0 bridgehead atoms. The molecule has 17 heavy (non-hydrogen) atoms. The van der Waals surface area contributed by atoms with Crippen molar-refractivity contribution in [2.75, 3.05) is 12.4 Å². The first-order chi connectivity index (χ1) is 8.08. The highest BCUT2D eigenvalue weighted by atomic mass is 16.5. The number of nitrogens with two attached hydrogens (primary N) is 1. The monoisotopic (exact) mass is 238 g/mol. The number of anilines is 1. The summed E-state index contributed by atoms with van der Waals surface area (Å²) in [6, 6.07) is 4.10. The van der Waals surface area contributed by atoms with Gasteiger partial charge in [0.25, 0.3) is 0 Å². The van der Waals surface area contributed by atoms with Crippen molar-refractivity contribution >= 4 is 11.6 Å². The molecule has 0 aliphatic rings. The van der Waals surface area contributed by atoms with Gasteiger partial charge in [-0.1, -0.05) is 13.3 Å². The maximum absolute atomic E-state index is 11.6. The summed E-state index contributed by atoms with van der Waals surface area (Å²) >= 11 is 0. The van der Waals surface area contributed by atoms with Crippen LogP contribution >= 0.6 is 0 Å². The van der Waals surface area contributed by atoms with E-state index in [9.17, 15) is 9.90 Å². The van der Waals surface area contributed by atoms with Crippen LogP contribution in [0.4, 0.5) is 5.69 Å². The number of hydrogen-bond donors (Lipinski definition) is 3. The quantitative estimate of drug-likeness (QED) is 0.678. The Balaban J connectivity index is 2.71. The molecule has 0 saturated carbocycles. The number of rotatable bonds is 5. The maximum Gasteiger partial charge on any atom is 0.241 e. The van der Waals surface area contributed by atoms with Crippen molar-refractivity contribution in [3.8, 4) is 11.5 Å². The molecule has 0 aliphatic heterocycles. The van der Waals surface area contributed by atoms with Crippen LogP contribution < -0.4 is 15.8 Å². The first-order valence-electron chi connectivity index (χ1n) is 5.52. The number of ether oxygens (including phenoxy) is 1. The van der Waals surface area contributed by atoms with Crippen LogP contribution in [0.2, 0.25) is 0 Å². The van der Waals surface area contributed by atoms with Gasteiger partial charge >= 0.3 is 0 Å². The van der Waals surface area contributed by atoms with E-state index in [1.54, 1.807) is 12.1 Å². The molecule has 0 aliphatic carbocycles. The molecule has 0 aromatic heterocycles. The molecule has 5 nitrogen and oxygen atoms in total. The zero-order valence-electron chi connectivity index (χ0n) is 10.1. The van der Waals surface area contributed by atoms with Crippen LogP contribution in [0.1, 0.15) is 19.8 Å². The van der Waals surface area contributed by atoms with Gasteiger partial charge in [0.05, 0.1) is 18.8 Å². The van der Waals surface area contributed by atoms with E-state index < -0.39 is 6.04 Å². The minimum atomic E-state index is -0.554. The minimum Gasteiger partial charge on any atom is -0.506 e. The van der Waals surface area contributed by atoms with Gasteiger partial charge in [0.2, 0.25) is 5.91 Å². The minimum absolute atomic E-state index is 0.0404. The van der Waals surface area contributed by atoms with E-state index in [0.717, 1.165) is 6.42 Å². The lowest BCUT2D eigenvalue weighted by Gasteiger charge is -2.12. The molecule has 0 fully saturated rings. The number of aromatic hydroxyl groups is 1. The third kappa shape index (κ3) is 3.64. The highest BCUT2D eigenvalue weighted by Crippen LogP contribution is 2.27. The zero-order valence-corrected chi connectivity index (χ0v) is 10.1. The number of phenols is 1. The Kier molecular flexibility index (Phi) is 4.78. The average molecular weight is 238 g/mol. The SMILES string of the molecule is CCC[C@@H](N)C(=O)Nc1ccc(OC)cc1O. The number of nitrogens with one attached hydrogen (secondary N) is 1. The normalized spacial score (nSPS) is 11.9. The van der Waals surface area contributed by atoms with Crippen LogP contribution in [-0.4, -0.2) is 24.2 Å². The van der Waals surface area contributed by atoms with Crippen molar-refractivity contribution in [2.45, 2.75) is 25.8 Å². The average Bonchev–Trinajstić information content (AvgIpc) is 2.31. The topological polar surface area (TPSA) is 84.6 Å². The smallest absolute Gasteiger partial charge is 0.241 e. The van der Waals surface area contributed by atoms with Crippen LogP contribution in [0.3, 0.4) is 0 Å². The van der Waals surface area contributed by atoms with E-state index in [1.165, 1.54) is 13.2 Å². The molecule has 0 unspecified atom stereocenters. The van der Waals surface area contributed by atoms with Gasteiger partial charge in [-0.3, -0.25) is 4.79 Å². The Morgan fingerprint density at radius 1 is 1.59 bits per heavy atom. The van der Waals surface area contributed by atoms with Crippen molar-refractivity contribution in [3.63, 3.8) is 0 Å². The van der Waals surface area contributed by atoms with Crippen molar-refractivity contribution in [1.29, 1.82) is 0 Å². The van der Waals surface area contributed by atoms with Crippen LogP contribution in [-0.2, 0) is 4.79 Å². The first-order valence-corrected chi connectivity index (χ1v) is 5.52. The Labute approximate surface area is 101 Å². The second-order valence-corrected chi connectivity index (χ2v) is 3.77. The molecule has 1 aromatic carbocycles. The third-order valence-electron chi connectivity index (χ3n) is 2.40. The number of amides is 1. The maximum atomic E-state index is 11.6. The number of hydrogen-bond acceptors (Lipinski definition) is 4. The summed E-state index contributed by atoms with van der Waals surface area (Å²) < 4.78 is 4.94. The Hall–Kier alpha value is -1.75. The highest BCUT2D eigenvalue weighted by Gasteiger charge is 2.14. The molecule has 4 N–H and O–H groups in total. The fourth-order valence-electron chi connectivity index (χ4n) is 1.41. The van der Waals surface area contributed by atoms with Gasteiger partial charge in [-0.2, -0.15) is 0 Å². The van der Waals surface area contributed by atoms with E-state index in [2.05, 4.69) is 5.32 Å². The van der Waals surface area contributed by atoms with Crippen LogP contribution in [0.25, 0.3) is 0 Å². The molecular weight excluding hydrogens is 220 g/mol. The number of methoxy groups -OCH3 is 1. The zero-order chi connectivity index (χ0) is 12.8. The predicted octanol–water partition coefficient (Wildman–Crippen LogP) is 1.47. The lowest BCUT2D eigenvalue weighted by molar-refractivity contribution is -0.117. The Morgan fingerprint density at radius 2 is 2.29 bits per heavy atom. The summed E-state index contributed by atoms with van der Waals surface area (Å²) in [7, 11) is 1.50. The van der Waals surface area contributed by atoms with E-state index in [0.29, 0.717) is 17.9 Å². The molecule has 1 amide bonds. The molecule has 0 saturated heterocycles. The summed E-state index contributed by atoms with van der Waals surface area (Å²) in [5.74, 6) is 0.187. The van der Waals surface area contributed by atoms with Crippen LogP contribution in [0, 0.1) is 0 Å². The molecule has 1 atom stereocenters. The van der Waals surface area contributed by atoms with E-state index in [1.807, 2.05) is 6.92 Å². The van der Waals surface area contributed by atoms with Gasteiger partial charge in [0.15, 0.2) is 0 Å². The second kappa shape index (κ2) is 6.10. The van der Waals surface area contributed by atoms with Crippen molar-refractivity contribution < 1.29 is 14.6 Å². The number of carbonyl (C=O) groups excluding carboxylic acids is 1. The lowest BCUT2D eigenvalue weighted by Crippen LogP contribution is -2.35. The predicted molar refractivity (Wildman–Crippen MR) is 66.2 cm³/mol. The van der Waals surface area contributed by atoms with Crippen molar-refractivity contribution in [2.24, 2.45) is 5.73 Å². The fourth-order valence-corrected chi connectivity index (χ4v) is 1.41. The van der Waals surface area contributed by atoms with Crippen molar-refractivity contribution in [3.05, 3.63) is 18.2 Å². The molecule has 0 spiro atoms. The summed E-state index contributed by atoms with van der Waals surface area (Å²) in [5, 5.41) is 12.2. The Morgan fingerprint density at radius 3 is 2.82 bits per heavy atom. The number of benzene rings is 1. The number of carbonyl (C=O) groups is 1. The lowest BCUT2D eigenvalue weighted by atomic mass is 10.1. The largest absolute Gasteiger partial charge is 0.506 e. The Bertz CT molecular complexity index is 393. The van der Waals surface area contributed by atoms with Gasteiger partial charge in [0, 0.05) is 6.07 Å². The molecule has 0 heterocycles. The fraction of sp³-hybridized carbons (Fsp3) is 0.417. The van der Waals surface area contributed by atoms with Crippen LogP contribution in [0.15, 0.2) is 18.2 Å². The standard InChI is InChI=1S/C12H18N2O3/c1-3-4-9(13)12(16)14-10-6-5-8(17-2)7-11(10)15/h5-7,9,15H,3-4,13H2,1-2H3,(H,14,16)/t9-/m1/s1. The van der Waals surface area contributed by atoms with Gasteiger partial charge in [-0.05, 0) is 18.6 Å². The van der Waals surface area contributed by atoms with Crippen LogP contribution in [0.5, 0.6) is 11.5 Å². The van der Waals surface area contributed by atoms with E-state index in [-0.39, 0.29) is 11.7 Å².